The van der Waals surface area contributed by atoms with Crippen molar-refractivity contribution < 1.29 is 4.74 Å². The van der Waals surface area contributed by atoms with E-state index in [1.54, 1.807) is 6.07 Å². The number of rotatable bonds is 4. The van der Waals surface area contributed by atoms with Crippen LogP contribution < -0.4 is 4.74 Å². The van der Waals surface area contributed by atoms with Gasteiger partial charge in [-0.3, -0.25) is 0 Å². The van der Waals surface area contributed by atoms with Crippen molar-refractivity contribution in [1.29, 1.82) is 0 Å². The standard InChI is InChI=1S/C19H17Br2Cl2NOS/c20-14-9-13(19(26)24-6-2-1-3-7-24)10-15(21)18(14)25-11-12-4-5-16(22)17(23)8-12/h4-5,8-10H,1-3,6-7,11H2. The van der Waals surface area contributed by atoms with Crippen LogP contribution >= 0.6 is 67.3 Å². The number of thiocarbonyl (C=S) groups is 1. The van der Waals surface area contributed by atoms with E-state index in [4.69, 9.17) is 40.2 Å². The van der Waals surface area contributed by atoms with Gasteiger partial charge in [-0.15, -0.1) is 0 Å². The topological polar surface area (TPSA) is 12.5 Å². The number of hydrogen-bond acceptors (Lipinski definition) is 2. The molecule has 1 aliphatic rings. The Balaban J connectivity index is 1.74. The second kappa shape index (κ2) is 9.24. The van der Waals surface area contributed by atoms with Gasteiger partial charge in [0.05, 0.1) is 19.0 Å². The summed E-state index contributed by atoms with van der Waals surface area (Å²) < 4.78 is 7.70. The fraction of sp³-hybridized carbons (Fsp3) is 0.316. The second-order valence-electron chi connectivity index (χ2n) is 6.16. The van der Waals surface area contributed by atoms with Crippen LogP contribution in [0.2, 0.25) is 10.0 Å². The third-order valence-electron chi connectivity index (χ3n) is 4.26. The summed E-state index contributed by atoms with van der Waals surface area (Å²) >= 11 is 24.9. The number of halogens is 4. The van der Waals surface area contributed by atoms with Crippen LogP contribution in [0.1, 0.15) is 30.4 Å². The van der Waals surface area contributed by atoms with Crippen LogP contribution in [0.15, 0.2) is 39.3 Å². The van der Waals surface area contributed by atoms with Gasteiger partial charge < -0.3 is 9.64 Å². The number of nitrogens with zero attached hydrogens (tertiary/aromatic N) is 1. The molecule has 0 bridgehead atoms. The van der Waals surface area contributed by atoms with E-state index in [9.17, 15) is 0 Å². The summed E-state index contributed by atoms with van der Waals surface area (Å²) in [6.07, 6.45) is 3.69. The van der Waals surface area contributed by atoms with Crippen molar-refractivity contribution in [3.63, 3.8) is 0 Å². The molecule has 0 unspecified atom stereocenters. The average molecular weight is 538 g/mol. The lowest BCUT2D eigenvalue weighted by Gasteiger charge is -2.29. The Kier molecular flexibility index (Phi) is 7.25. The zero-order chi connectivity index (χ0) is 18.7. The first-order valence-corrected chi connectivity index (χ1v) is 11.1. The highest BCUT2D eigenvalue weighted by atomic mass is 79.9. The molecule has 2 nitrogen and oxygen atoms in total. The van der Waals surface area contributed by atoms with Crippen LogP contribution in [-0.2, 0) is 6.61 Å². The van der Waals surface area contributed by atoms with Crippen LogP contribution in [0.3, 0.4) is 0 Å². The Morgan fingerprint density at radius 2 is 1.65 bits per heavy atom. The lowest BCUT2D eigenvalue weighted by Crippen LogP contribution is -2.34. The molecule has 0 aromatic heterocycles. The zero-order valence-corrected chi connectivity index (χ0v) is 19.4. The summed E-state index contributed by atoms with van der Waals surface area (Å²) in [6.45, 7) is 2.46. The molecule has 0 amide bonds. The largest absolute Gasteiger partial charge is 0.487 e. The molecule has 1 saturated heterocycles. The van der Waals surface area contributed by atoms with Crippen molar-refractivity contribution in [2.45, 2.75) is 25.9 Å². The fourth-order valence-electron chi connectivity index (χ4n) is 2.89. The summed E-state index contributed by atoms with van der Waals surface area (Å²) in [6, 6.07) is 9.52. The van der Waals surface area contributed by atoms with Crippen LogP contribution in [0.25, 0.3) is 0 Å². The van der Waals surface area contributed by atoms with Gasteiger partial charge in [0, 0.05) is 18.7 Å². The van der Waals surface area contributed by atoms with Gasteiger partial charge in [0.2, 0.25) is 0 Å². The first-order valence-electron chi connectivity index (χ1n) is 8.31. The third-order valence-corrected chi connectivity index (χ3v) is 6.67. The van der Waals surface area contributed by atoms with E-state index in [1.807, 2.05) is 24.3 Å². The quantitative estimate of drug-likeness (QED) is 0.381. The van der Waals surface area contributed by atoms with Crippen molar-refractivity contribution in [2.24, 2.45) is 0 Å². The normalized spacial score (nSPS) is 14.4. The van der Waals surface area contributed by atoms with Gasteiger partial charge in [0.1, 0.15) is 17.3 Å². The van der Waals surface area contributed by atoms with E-state index < -0.39 is 0 Å². The first-order chi connectivity index (χ1) is 12.5. The minimum atomic E-state index is 0.393. The maximum absolute atomic E-state index is 6.06. The molecule has 1 fully saturated rings. The van der Waals surface area contributed by atoms with Crippen LogP contribution in [0.4, 0.5) is 0 Å². The van der Waals surface area contributed by atoms with E-state index in [0.717, 1.165) is 43.9 Å². The average Bonchev–Trinajstić information content (AvgIpc) is 2.64. The molecule has 1 heterocycles. The molecular formula is C19H17Br2Cl2NOS. The highest BCUT2D eigenvalue weighted by Gasteiger charge is 2.18. The zero-order valence-electron chi connectivity index (χ0n) is 13.9. The van der Waals surface area contributed by atoms with Crippen molar-refractivity contribution >= 4 is 72.3 Å². The number of likely N-dealkylation sites (tertiary alicyclic amines) is 1. The highest BCUT2D eigenvalue weighted by Crippen LogP contribution is 2.36. The number of ether oxygens (including phenoxy) is 1. The van der Waals surface area contributed by atoms with E-state index in [1.165, 1.54) is 19.3 Å². The Morgan fingerprint density at radius 3 is 2.27 bits per heavy atom. The minimum Gasteiger partial charge on any atom is -0.487 e. The highest BCUT2D eigenvalue weighted by molar-refractivity contribution is 9.11. The number of hydrogen-bond donors (Lipinski definition) is 0. The summed E-state index contributed by atoms with van der Waals surface area (Å²) in [5.41, 5.74) is 1.97. The molecule has 7 heteroatoms. The van der Waals surface area contributed by atoms with Crippen LogP contribution in [-0.4, -0.2) is 23.0 Å². The number of piperidine rings is 1. The van der Waals surface area contributed by atoms with Gasteiger partial charge in [-0.2, -0.15) is 0 Å². The SMILES string of the molecule is S=C(c1cc(Br)c(OCc2ccc(Cl)c(Cl)c2)c(Br)c1)N1CCCCC1. The van der Waals surface area contributed by atoms with Crippen LogP contribution in [0, 0.1) is 0 Å². The lowest BCUT2D eigenvalue weighted by molar-refractivity contribution is 0.302. The summed E-state index contributed by atoms with van der Waals surface area (Å²) in [4.78, 5) is 3.17. The number of benzene rings is 2. The molecule has 3 rings (SSSR count). The Bertz CT molecular complexity index is 802. The van der Waals surface area contributed by atoms with Crippen molar-refractivity contribution in [2.75, 3.05) is 13.1 Å². The molecule has 138 valence electrons. The molecule has 0 aliphatic carbocycles. The molecule has 1 aliphatic heterocycles. The van der Waals surface area contributed by atoms with Crippen LogP contribution in [0.5, 0.6) is 5.75 Å². The molecule has 26 heavy (non-hydrogen) atoms. The smallest absolute Gasteiger partial charge is 0.148 e. The predicted molar refractivity (Wildman–Crippen MR) is 120 cm³/mol. The molecule has 0 radical (unpaired) electrons. The molecule has 0 N–H and O–H groups in total. The van der Waals surface area contributed by atoms with Gasteiger partial charge >= 0.3 is 0 Å². The van der Waals surface area contributed by atoms with Gasteiger partial charge in [0.15, 0.2) is 0 Å². The molecular weight excluding hydrogens is 521 g/mol. The van der Waals surface area contributed by atoms with E-state index in [0.29, 0.717) is 16.7 Å². The second-order valence-corrected chi connectivity index (χ2v) is 9.07. The van der Waals surface area contributed by atoms with Crippen molar-refractivity contribution in [3.8, 4) is 5.75 Å². The minimum absolute atomic E-state index is 0.393. The van der Waals surface area contributed by atoms with Gasteiger partial charge in [-0.05, 0) is 81.0 Å². The van der Waals surface area contributed by atoms with Gasteiger partial charge in [-0.1, -0.05) is 41.5 Å². The van der Waals surface area contributed by atoms with E-state index >= 15 is 0 Å². The van der Waals surface area contributed by atoms with E-state index in [2.05, 4.69) is 36.8 Å². The summed E-state index contributed by atoms with van der Waals surface area (Å²) in [5, 5.41) is 1.06. The molecule has 0 saturated carbocycles. The summed E-state index contributed by atoms with van der Waals surface area (Å²) in [5.74, 6) is 0.737. The van der Waals surface area contributed by atoms with Gasteiger partial charge in [0.25, 0.3) is 0 Å². The summed E-state index contributed by atoms with van der Waals surface area (Å²) in [7, 11) is 0. The monoisotopic (exact) mass is 535 g/mol. The van der Waals surface area contributed by atoms with Crippen molar-refractivity contribution in [3.05, 3.63) is 60.4 Å². The molecule has 2 aromatic carbocycles. The predicted octanol–water partition coefficient (Wildman–Crippen LogP) is 7.26. The Hall–Kier alpha value is -0.330. The molecule has 0 spiro atoms. The first kappa shape index (κ1) is 20.4. The van der Waals surface area contributed by atoms with Crippen molar-refractivity contribution in [1.82, 2.24) is 4.90 Å². The van der Waals surface area contributed by atoms with E-state index in [-0.39, 0.29) is 0 Å². The van der Waals surface area contributed by atoms with Gasteiger partial charge in [-0.25, -0.2) is 0 Å². The lowest BCUT2D eigenvalue weighted by atomic mass is 10.1. The molecule has 2 aromatic rings. The Morgan fingerprint density at radius 1 is 1.00 bits per heavy atom. The Labute approximate surface area is 186 Å². The maximum atomic E-state index is 6.06. The molecule has 0 atom stereocenters. The maximum Gasteiger partial charge on any atom is 0.148 e. The fourth-order valence-corrected chi connectivity index (χ4v) is 4.92. The third kappa shape index (κ3) is 4.93.